The molecule has 1 aromatic heterocycles. The summed E-state index contributed by atoms with van der Waals surface area (Å²) in [4.78, 5) is 35.3. The fraction of sp³-hybridized carbons (Fsp3) is 0.333. The molecule has 0 saturated carbocycles. The van der Waals surface area contributed by atoms with Crippen LogP contribution in [0.1, 0.15) is 21.6 Å². The summed E-state index contributed by atoms with van der Waals surface area (Å²) in [5.41, 5.74) is 3.48. The third-order valence-electron chi connectivity index (χ3n) is 4.26. The van der Waals surface area contributed by atoms with Crippen LogP contribution in [-0.2, 0) is 4.79 Å². The van der Waals surface area contributed by atoms with E-state index in [0.29, 0.717) is 37.8 Å². The van der Waals surface area contributed by atoms with E-state index >= 15 is 0 Å². The van der Waals surface area contributed by atoms with E-state index in [1.165, 1.54) is 0 Å². The van der Waals surface area contributed by atoms with E-state index in [-0.39, 0.29) is 5.91 Å². The first-order chi connectivity index (χ1) is 12.1. The Balaban J connectivity index is 1.74. The van der Waals surface area contributed by atoms with E-state index in [0.717, 1.165) is 23.2 Å². The van der Waals surface area contributed by atoms with E-state index < -0.39 is 0 Å². The molecule has 25 heavy (non-hydrogen) atoms. The molecule has 0 aliphatic carbocycles. The average molecular weight is 339 g/mol. The predicted octanol–water partition coefficient (Wildman–Crippen LogP) is 1.75. The molecule has 1 fully saturated rings. The second-order valence-electron chi connectivity index (χ2n) is 6.14. The van der Waals surface area contributed by atoms with E-state index in [2.05, 4.69) is 15.3 Å². The zero-order valence-electron chi connectivity index (χ0n) is 14.4. The van der Waals surface area contributed by atoms with E-state index in [1.807, 2.05) is 32.0 Å². The number of nitrogens with zero attached hydrogens (tertiary/aromatic N) is 4. The van der Waals surface area contributed by atoms with Crippen LogP contribution in [0, 0.1) is 13.8 Å². The van der Waals surface area contributed by atoms with E-state index in [9.17, 15) is 9.59 Å². The molecule has 0 atom stereocenters. The van der Waals surface area contributed by atoms with Crippen LogP contribution in [0.5, 0.6) is 0 Å². The number of benzene rings is 1. The van der Waals surface area contributed by atoms with Crippen LogP contribution >= 0.6 is 0 Å². The summed E-state index contributed by atoms with van der Waals surface area (Å²) in [7, 11) is 0. The highest BCUT2D eigenvalue weighted by molar-refractivity contribution is 5.92. The Kier molecular flexibility index (Phi) is 4.92. The quantitative estimate of drug-likeness (QED) is 0.859. The number of anilines is 2. The van der Waals surface area contributed by atoms with Crippen molar-refractivity contribution in [2.45, 2.75) is 13.8 Å². The van der Waals surface area contributed by atoms with Crippen molar-refractivity contribution in [2.24, 2.45) is 0 Å². The molecular weight excluding hydrogens is 318 g/mol. The summed E-state index contributed by atoms with van der Waals surface area (Å²) < 4.78 is 0. The fourth-order valence-electron chi connectivity index (χ4n) is 2.72. The summed E-state index contributed by atoms with van der Waals surface area (Å²) in [5, 5.41) is 3.18. The second-order valence-corrected chi connectivity index (χ2v) is 6.14. The SMILES string of the molecule is Cc1ccc(C)c(Nc2nccc(C(=O)N3CCN(C=O)CC3)n2)c1. The molecule has 130 valence electrons. The highest BCUT2D eigenvalue weighted by atomic mass is 16.2. The molecule has 1 aliphatic rings. The molecule has 7 nitrogen and oxygen atoms in total. The Morgan fingerprint density at radius 2 is 1.92 bits per heavy atom. The largest absolute Gasteiger partial charge is 0.342 e. The second kappa shape index (κ2) is 7.29. The molecule has 2 amide bonds. The van der Waals surface area contributed by atoms with Gasteiger partial charge in [-0.3, -0.25) is 9.59 Å². The normalized spacial score (nSPS) is 14.3. The third kappa shape index (κ3) is 3.93. The van der Waals surface area contributed by atoms with Crippen LogP contribution in [-0.4, -0.2) is 58.3 Å². The zero-order valence-corrected chi connectivity index (χ0v) is 14.4. The Morgan fingerprint density at radius 3 is 2.64 bits per heavy atom. The average Bonchev–Trinajstić information content (AvgIpc) is 2.64. The molecular formula is C18H21N5O2. The highest BCUT2D eigenvalue weighted by Gasteiger charge is 2.22. The first kappa shape index (κ1) is 16.9. The van der Waals surface area contributed by atoms with Gasteiger partial charge in [0, 0.05) is 38.1 Å². The Labute approximate surface area is 146 Å². The van der Waals surface area contributed by atoms with Gasteiger partial charge in [0.05, 0.1) is 0 Å². The number of piperazine rings is 1. The van der Waals surface area contributed by atoms with Crippen LogP contribution in [0.15, 0.2) is 30.5 Å². The van der Waals surface area contributed by atoms with Gasteiger partial charge in [0.1, 0.15) is 5.69 Å². The molecule has 1 aromatic carbocycles. The van der Waals surface area contributed by atoms with E-state index in [1.54, 1.807) is 22.1 Å². The van der Waals surface area contributed by atoms with Crippen molar-refractivity contribution < 1.29 is 9.59 Å². The number of carbonyl (C=O) groups is 2. The fourth-order valence-corrected chi connectivity index (χ4v) is 2.72. The molecule has 0 unspecified atom stereocenters. The Morgan fingerprint density at radius 1 is 1.16 bits per heavy atom. The van der Waals surface area contributed by atoms with Crippen molar-refractivity contribution in [1.29, 1.82) is 0 Å². The van der Waals surface area contributed by atoms with Gasteiger partial charge in [-0.1, -0.05) is 12.1 Å². The topological polar surface area (TPSA) is 78.4 Å². The molecule has 3 rings (SSSR count). The van der Waals surface area contributed by atoms with Gasteiger partial charge in [-0.15, -0.1) is 0 Å². The van der Waals surface area contributed by atoms with Gasteiger partial charge >= 0.3 is 0 Å². The molecule has 0 radical (unpaired) electrons. The van der Waals surface area contributed by atoms with Crippen molar-refractivity contribution in [1.82, 2.24) is 19.8 Å². The zero-order chi connectivity index (χ0) is 17.8. The van der Waals surface area contributed by atoms with Crippen molar-refractivity contribution in [3.63, 3.8) is 0 Å². The van der Waals surface area contributed by atoms with Crippen LogP contribution in [0.4, 0.5) is 11.6 Å². The third-order valence-corrected chi connectivity index (χ3v) is 4.26. The maximum atomic E-state index is 12.6. The van der Waals surface area contributed by atoms with Crippen molar-refractivity contribution >= 4 is 24.0 Å². The lowest BCUT2D eigenvalue weighted by molar-refractivity contribution is -0.119. The number of amides is 2. The van der Waals surface area contributed by atoms with Gasteiger partial charge in [0.15, 0.2) is 0 Å². The molecule has 2 heterocycles. The van der Waals surface area contributed by atoms with Crippen LogP contribution in [0.3, 0.4) is 0 Å². The van der Waals surface area contributed by atoms with Crippen molar-refractivity contribution in [3.8, 4) is 0 Å². The molecule has 2 aromatic rings. The summed E-state index contributed by atoms with van der Waals surface area (Å²) in [6.07, 6.45) is 2.40. The maximum Gasteiger partial charge on any atom is 0.272 e. The number of rotatable bonds is 4. The predicted molar refractivity (Wildman–Crippen MR) is 94.8 cm³/mol. The Bertz CT molecular complexity index is 785. The summed E-state index contributed by atoms with van der Waals surface area (Å²) in [6, 6.07) is 7.70. The number of carbonyl (C=O) groups excluding carboxylic acids is 2. The van der Waals surface area contributed by atoms with Crippen LogP contribution in [0.2, 0.25) is 0 Å². The van der Waals surface area contributed by atoms with Gasteiger partial charge in [0.25, 0.3) is 5.91 Å². The first-order valence-electron chi connectivity index (χ1n) is 8.23. The van der Waals surface area contributed by atoms with Gasteiger partial charge in [-0.25, -0.2) is 9.97 Å². The molecule has 1 saturated heterocycles. The first-order valence-corrected chi connectivity index (χ1v) is 8.23. The maximum absolute atomic E-state index is 12.6. The molecule has 7 heteroatoms. The Hall–Kier alpha value is -2.96. The lowest BCUT2D eigenvalue weighted by atomic mass is 10.1. The smallest absolute Gasteiger partial charge is 0.272 e. The summed E-state index contributed by atoms with van der Waals surface area (Å²) in [5.74, 6) is 0.253. The van der Waals surface area contributed by atoms with Crippen molar-refractivity contribution in [2.75, 3.05) is 31.5 Å². The number of aromatic nitrogens is 2. The molecule has 1 N–H and O–H groups in total. The lowest BCUT2D eigenvalue weighted by Gasteiger charge is -2.32. The van der Waals surface area contributed by atoms with Gasteiger partial charge < -0.3 is 15.1 Å². The number of hydrogen-bond donors (Lipinski definition) is 1. The van der Waals surface area contributed by atoms with Gasteiger partial charge in [0.2, 0.25) is 12.4 Å². The monoisotopic (exact) mass is 339 g/mol. The van der Waals surface area contributed by atoms with Crippen molar-refractivity contribution in [3.05, 3.63) is 47.3 Å². The molecule has 0 spiro atoms. The van der Waals surface area contributed by atoms with E-state index in [4.69, 9.17) is 0 Å². The minimum absolute atomic E-state index is 0.142. The molecule has 1 aliphatic heterocycles. The lowest BCUT2D eigenvalue weighted by Crippen LogP contribution is -2.48. The number of aryl methyl sites for hydroxylation is 2. The minimum atomic E-state index is -0.142. The standard InChI is InChI=1S/C18H21N5O2/c1-13-3-4-14(2)16(11-13)21-18-19-6-5-15(20-18)17(25)23-9-7-22(12-24)8-10-23/h3-6,11-12H,7-10H2,1-2H3,(H,19,20,21). The number of nitrogens with one attached hydrogen (secondary N) is 1. The minimum Gasteiger partial charge on any atom is -0.342 e. The summed E-state index contributed by atoms with van der Waals surface area (Å²) in [6.45, 7) is 6.15. The number of hydrogen-bond acceptors (Lipinski definition) is 5. The van der Waals surface area contributed by atoms with Gasteiger partial charge in [-0.05, 0) is 37.1 Å². The summed E-state index contributed by atoms with van der Waals surface area (Å²) >= 11 is 0. The van der Waals surface area contributed by atoms with Crippen LogP contribution in [0.25, 0.3) is 0 Å². The van der Waals surface area contributed by atoms with Crippen LogP contribution < -0.4 is 5.32 Å². The molecule has 0 bridgehead atoms. The van der Waals surface area contributed by atoms with Gasteiger partial charge in [-0.2, -0.15) is 0 Å². The highest BCUT2D eigenvalue weighted by Crippen LogP contribution is 2.20.